The first kappa shape index (κ1) is 16.7. The molecule has 2 heterocycles. The molecule has 122 valence electrons. The Balaban J connectivity index is 2.30. The first-order valence-corrected chi connectivity index (χ1v) is 7.63. The third-order valence-corrected chi connectivity index (χ3v) is 3.88. The number of nitrogens with zero attached hydrogens (tertiary/aromatic N) is 3. The van der Waals surface area contributed by atoms with Crippen LogP contribution >= 0.6 is 11.8 Å². The first-order valence-electron chi connectivity index (χ1n) is 6.64. The van der Waals surface area contributed by atoms with Gasteiger partial charge in [-0.3, -0.25) is 15.5 Å². The molecule has 0 unspecified atom stereocenters. The highest BCUT2D eigenvalue weighted by Crippen LogP contribution is 2.19. The number of nitrogens with one attached hydrogen (secondary N) is 3. The highest BCUT2D eigenvalue weighted by atomic mass is 32.2. The molecule has 0 radical (unpaired) electrons. The molecule has 9 nitrogen and oxygen atoms in total. The van der Waals surface area contributed by atoms with Crippen LogP contribution in [0.25, 0.3) is 11.1 Å². The highest BCUT2D eigenvalue weighted by Gasteiger charge is 2.16. The number of carbonyl (C=O) groups excluding carboxylic acids is 2. The summed E-state index contributed by atoms with van der Waals surface area (Å²) in [5.41, 5.74) is 0.995. The Morgan fingerprint density at radius 1 is 1.52 bits per heavy atom. The van der Waals surface area contributed by atoms with Crippen LogP contribution in [0.15, 0.2) is 22.3 Å². The summed E-state index contributed by atoms with van der Waals surface area (Å²) in [6, 6.07) is -0.579. The number of rotatable bonds is 5. The number of hydrogen-bond donors (Lipinski definition) is 3. The van der Waals surface area contributed by atoms with Crippen LogP contribution in [0.5, 0.6) is 0 Å². The smallest absolute Gasteiger partial charge is 0.321 e. The number of thioether (sulfide) groups is 1. The first-order chi connectivity index (χ1) is 11.0. The lowest BCUT2D eigenvalue weighted by molar-refractivity contribution is -0.117. The fraction of sp³-hybridized carbons (Fsp3) is 0.308. The molecule has 3 N–H and O–H groups in total. The second kappa shape index (κ2) is 7.09. The van der Waals surface area contributed by atoms with Crippen molar-refractivity contribution in [2.45, 2.75) is 18.6 Å². The summed E-state index contributed by atoms with van der Waals surface area (Å²) in [6.07, 6.45) is 1.63. The van der Waals surface area contributed by atoms with E-state index in [2.05, 4.69) is 27.4 Å². The van der Waals surface area contributed by atoms with E-state index in [0.717, 1.165) is 11.8 Å². The number of carbonyl (C=O) groups is 2. The molecule has 10 heteroatoms. The zero-order valence-corrected chi connectivity index (χ0v) is 13.5. The van der Waals surface area contributed by atoms with E-state index < -0.39 is 11.9 Å². The monoisotopic (exact) mass is 336 g/mol. The van der Waals surface area contributed by atoms with Gasteiger partial charge in [0.25, 0.3) is 5.71 Å². The summed E-state index contributed by atoms with van der Waals surface area (Å²) < 4.78 is 6.69. The lowest BCUT2D eigenvalue weighted by Gasteiger charge is -2.10. The van der Waals surface area contributed by atoms with Gasteiger partial charge in [-0.25, -0.2) is 4.79 Å². The van der Waals surface area contributed by atoms with Crippen molar-refractivity contribution in [2.24, 2.45) is 0 Å². The molecule has 0 atom stereocenters. The molecule has 0 saturated carbocycles. The van der Waals surface area contributed by atoms with E-state index >= 15 is 0 Å². The molecule has 0 aliphatic carbocycles. The van der Waals surface area contributed by atoms with Crippen LogP contribution in [-0.4, -0.2) is 39.4 Å². The van der Waals surface area contributed by atoms with Gasteiger partial charge in [-0.15, -0.1) is 6.58 Å². The number of aromatic nitrogens is 3. The van der Waals surface area contributed by atoms with Gasteiger partial charge in [0.1, 0.15) is 10.9 Å². The molecule has 0 bridgehead atoms. The minimum atomic E-state index is -0.579. The zero-order chi connectivity index (χ0) is 17.0. The average Bonchev–Trinajstić information content (AvgIpc) is 2.89. The Bertz CT molecular complexity index is 825. The van der Waals surface area contributed by atoms with E-state index in [0.29, 0.717) is 22.8 Å². The van der Waals surface area contributed by atoms with E-state index in [1.54, 1.807) is 17.6 Å². The topological polar surface area (TPSA) is 126 Å². The van der Waals surface area contributed by atoms with E-state index in [-0.39, 0.29) is 17.0 Å². The Labute approximate surface area is 135 Å². The van der Waals surface area contributed by atoms with Gasteiger partial charge >= 0.3 is 6.03 Å². The number of fused-ring (bicyclic) bond motifs is 1. The fourth-order valence-electron chi connectivity index (χ4n) is 1.85. The minimum absolute atomic E-state index is 0.0321. The highest BCUT2D eigenvalue weighted by molar-refractivity contribution is 7.99. The van der Waals surface area contributed by atoms with E-state index in [9.17, 15) is 9.59 Å². The van der Waals surface area contributed by atoms with Crippen molar-refractivity contribution in [1.29, 1.82) is 5.41 Å². The Kier molecular flexibility index (Phi) is 5.16. The van der Waals surface area contributed by atoms with Gasteiger partial charge in [0.2, 0.25) is 5.91 Å². The summed E-state index contributed by atoms with van der Waals surface area (Å²) in [4.78, 5) is 27.1. The number of amides is 3. The van der Waals surface area contributed by atoms with Gasteiger partial charge in [0.05, 0.1) is 11.4 Å². The van der Waals surface area contributed by atoms with Gasteiger partial charge in [0.15, 0.2) is 5.16 Å². The maximum absolute atomic E-state index is 11.7. The quantitative estimate of drug-likeness (QED) is 0.416. The molecular formula is C13H16N6O3S. The minimum Gasteiger partial charge on any atom is -0.341 e. The van der Waals surface area contributed by atoms with Gasteiger partial charge in [-0.05, 0) is 6.92 Å². The van der Waals surface area contributed by atoms with Crippen molar-refractivity contribution in [3.8, 4) is 0 Å². The van der Waals surface area contributed by atoms with Crippen molar-refractivity contribution < 1.29 is 14.1 Å². The van der Waals surface area contributed by atoms with Crippen molar-refractivity contribution in [3.63, 3.8) is 0 Å². The van der Waals surface area contributed by atoms with Crippen LogP contribution in [0.3, 0.4) is 0 Å². The van der Waals surface area contributed by atoms with Crippen molar-refractivity contribution in [3.05, 3.63) is 23.8 Å². The van der Waals surface area contributed by atoms with Crippen LogP contribution < -0.4 is 16.1 Å². The maximum Gasteiger partial charge on any atom is 0.321 e. The fourth-order valence-corrected chi connectivity index (χ4v) is 2.65. The normalized spacial score (nSPS) is 10.5. The average molecular weight is 336 g/mol. The number of aryl methyl sites for hydroxylation is 1. The molecule has 0 aliphatic heterocycles. The molecule has 23 heavy (non-hydrogen) atoms. The molecule has 0 saturated heterocycles. The van der Waals surface area contributed by atoms with E-state index in [4.69, 9.17) is 9.93 Å². The van der Waals surface area contributed by atoms with Gasteiger partial charge in [-0.1, -0.05) is 23.0 Å². The van der Waals surface area contributed by atoms with Crippen LogP contribution in [0.1, 0.15) is 5.69 Å². The molecule has 0 aliphatic rings. The van der Waals surface area contributed by atoms with Crippen LogP contribution in [0.4, 0.5) is 4.79 Å². The summed E-state index contributed by atoms with van der Waals surface area (Å²) >= 11 is 1.09. The van der Waals surface area contributed by atoms with Gasteiger partial charge < -0.3 is 14.4 Å². The lowest BCUT2D eigenvalue weighted by atomic mass is 10.3. The van der Waals surface area contributed by atoms with Crippen molar-refractivity contribution >= 4 is 34.8 Å². The largest absolute Gasteiger partial charge is 0.341 e. The molecule has 0 spiro atoms. The Morgan fingerprint density at radius 2 is 2.26 bits per heavy atom. The molecule has 2 aromatic rings. The van der Waals surface area contributed by atoms with Crippen LogP contribution in [0.2, 0.25) is 0 Å². The van der Waals surface area contributed by atoms with Crippen LogP contribution in [0, 0.1) is 12.3 Å². The molecule has 0 aromatic carbocycles. The standard InChI is InChI=1S/C13H16N6O3S/c1-4-5-19-10(14)9-7(2)18-22-11(9)17-13(19)23-6-8(20)16-12(21)15-3/h4,14H,1,5-6H2,2-3H3,(H2,15,16,20,21). The second-order valence-corrected chi connectivity index (χ2v) is 5.45. The SMILES string of the molecule is C=CCn1c(SCC(=O)NC(=O)NC)nc2onc(C)c2c1=N. The summed E-state index contributed by atoms with van der Waals surface area (Å²) in [6.45, 7) is 5.74. The molecule has 0 fully saturated rings. The van der Waals surface area contributed by atoms with Crippen molar-refractivity contribution in [2.75, 3.05) is 12.8 Å². The maximum atomic E-state index is 11.7. The number of allylic oxidation sites excluding steroid dienone is 1. The second-order valence-electron chi connectivity index (χ2n) is 4.51. The Hall–Kier alpha value is -2.62. The number of imide groups is 1. The number of hydrogen-bond acceptors (Lipinski definition) is 7. The molecular weight excluding hydrogens is 320 g/mol. The lowest BCUT2D eigenvalue weighted by Crippen LogP contribution is -2.38. The van der Waals surface area contributed by atoms with E-state index in [1.165, 1.54) is 7.05 Å². The summed E-state index contributed by atoms with van der Waals surface area (Å²) in [5, 5.41) is 17.5. The summed E-state index contributed by atoms with van der Waals surface area (Å²) in [5.74, 6) is -0.503. The zero-order valence-electron chi connectivity index (χ0n) is 12.7. The van der Waals surface area contributed by atoms with Gasteiger partial charge in [0, 0.05) is 13.6 Å². The predicted molar refractivity (Wildman–Crippen MR) is 83.9 cm³/mol. The third-order valence-electron chi connectivity index (χ3n) is 2.90. The van der Waals surface area contributed by atoms with E-state index in [1.807, 2.05) is 0 Å². The van der Waals surface area contributed by atoms with Crippen molar-refractivity contribution in [1.82, 2.24) is 25.3 Å². The Morgan fingerprint density at radius 3 is 2.91 bits per heavy atom. The molecule has 2 aromatic heterocycles. The van der Waals surface area contributed by atoms with Crippen LogP contribution in [-0.2, 0) is 11.3 Å². The predicted octanol–water partition coefficient (Wildman–Crippen LogP) is 0.546. The summed E-state index contributed by atoms with van der Waals surface area (Å²) in [7, 11) is 1.42. The number of urea groups is 1. The molecule has 3 amide bonds. The molecule has 2 rings (SSSR count). The van der Waals surface area contributed by atoms with Gasteiger partial charge in [-0.2, -0.15) is 4.98 Å². The third kappa shape index (κ3) is 3.59.